The molecule has 2 aromatic rings. The fourth-order valence-corrected chi connectivity index (χ4v) is 4.97. The Bertz CT molecular complexity index is 952. The van der Waals surface area contributed by atoms with Crippen LogP contribution in [-0.4, -0.2) is 59.0 Å². The maximum Gasteiger partial charge on any atom is 0.242 e. The lowest BCUT2D eigenvalue weighted by atomic mass is 9.94. The van der Waals surface area contributed by atoms with E-state index in [1.54, 1.807) is 12.0 Å². The van der Waals surface area contributed by atoms with Crippen molar-refractivity contribution in [2.75, 3.05) is 26.8 Å². The van der Waals surface area contributed by atoms with E-state index in [0.717, 1.165) is 42.0 Å². The van der Waals surface area contributed by atoms with Crippen LogP contribution >= 0.6 is 11.6 Å². The van der Waals surface area contributed by atoms with Gasteiger partial charge < -0.3 is 19.1 Å². The van der Waals surface area contributed by atoms with Gasteiger partial charge in [0, 0.05) is 49.6 Å². The van der Waals surface area contributed by atoms with E-state index in [-0.39, 0.29) is 30.3 Å². The van der Waals surface area contributed by atoms with Crippen molar-refractivity contribution in [1.29, 1.82) is 0 Å². The van der Waals surface area contributed by atoms with E-state index in [4.69, 9.17) is 16.3 Å². The minimum Gasteiger partial charge on any atom is -0.383 e. The number of amides is 2. The summed E-state index contributed by atoms with van der Waals surface area (Å²) in [5, 5.41) is 0.741. The number of hydrogen-bond acceptors (Lipinski definition) is 3. The molecule has 3 rings (SSSR count). The van der Waals surface area contributed by atoms with Crippen LogP contribution in [-0.2, 0) is 27.4 Å². The Morgan fingerprint density at radius 3 is 2.51 bits per heavy atom. The molecule has 1 heterocycles. The highest BCUT2D eigenvalue weighted by molar-refractivity contribution is 6.31. The molecule has 1 saturated carbocycles. The van der Waals surface area contributed by atoms with Gasteiger partial charge in [0.25, 0.3) is 0 Å². The lowest BCUT2D eigenvalue weighted by Crippen LogP contribution is -2.48. The summed E-state index contributed by atoms with van der Waals surface area (Å²) >= 11 is 6.41. The summed E-state index contributed by atoms with van der Waals surface area (Å²) < 4.78 is 7.38. The van der Waals surface area contributed by atoms with E-state index in [2.05, 4.69) is 10.6 Å². The predicted octanol–water partition coefficient (Wildman–Crippen LogP) is 5.37. The summed E-state index contributed by atoms with van der Waals surface area (Å²) in [6, 6.07) is 12.2. The van der Waals surface area contributed by atoms with Gasteiger partial charge in [-0.3, -0.25) is 9.59 Å². The molecule has 1 aromatic heterocycles. The normalized spacial score (nSPS) is 14.3. The summed E-state index contributed by atoms with van der Waals surface area (Å²) in [6.07, 6.45) is 7.97. The van der Waals surface area contributed by atoms with Gasteiger partial charge in [0.2, 0.25) is 11.8 Å². The molecule has 1 aliphatic rings. The van der Waals surface area contributed by atoms with Gasteiger partial charge in [0.05, 0.1) is 19.7 Å². The average Bonchev–Trinajstić information content (AvgIpc) is 3.28. The second-order valence-corrected chi connectivity index (χ2v) is 10.3. The molecule has 7 heteroatoms. The molecule has 1 aromatic carbocycles. The smallest absolute Gasteiger partial charge is 0.242 e. The van der Waals surface area contributed by atoms with Crippen LogP contribution in [0.25, 0.3) is 0 Å². The Labute approximate surface area is 215 Å². The van der Waals surface area contributed by atoms with Crippen LogP contribution in [0.15, 0.2) is 42.6 Å². The fourth-order valence-electron chi connectivity index (χ4n) is 4.77. The van der Waals surface area contributed by atoms with Crippen molar-refractivity contribution in [3.63, 3.8) is 0 Å². The van der Waals surface area contributed by atoms with Gasteiger partial charge in [-0.1, -0.05) is 62.9 Å². The Kier molecular flexibility index (Phi) is 10.7. The fraction of sp³-hybridized carbons (Fsp3) is 0.571. The number of halogens is 1. The van der Waals surface area contributed by atoms with E-state index >= 15 is 0 Å². The number of carbonyl (C=O) groups excluding carboxylic acids is 2. The second kappa shape index (κ2) is 13.7. The van der Waals surface area contributed by atoms with Crippen molar-refractivity contribution >= 4 is 23.4 Å². The molecule has 192 valence electrons. The zero-order valence-corrected chi connectivity index (χ0v) is 22.2. The van der Waals surface area contributed by atoms with E-state index in [9.17, 15) is 9.59 Å². The van der Waals surface area contributed by atoms with Gasteiger partial charge in [-0.2, -0.15) is 0 Å². The van der Waals surface area contributed by atoms with Crippen LogP contribution in [0.5, 0.6) is 0 Å². The number of hydrogen-bond donors (Lipinski definition) is 0. The van der Waals surface area contributed by atoms with Crippen LogP contribution in [0.2, 0.25) is 5.02 Å². The largest absolute Gasteiger partial charge is 0.383 e. The predicted molar refractivity (Wildman–Crippen MR) is 140 cm³/mol. The van der Waals surface area contributed by atoms with Crippen molar-refractivity contribution < 1.29 is 14.3 Å². The van der Waals surface area contributed by atoms with Gasteiger partial charge in [0.1, 0.15) is 0 Å². The minimum absolute atomic E-state index is 0.00982. The van der Waals surface area contributed by atoms with Crippen LogP contribution in [0.1, 0.15) is 63.6 Å². The van der Waals surface area contributed by atoms with Crippen molar-refractivity contribution in [1.82, 2.24) is 14.4 Å². The highest BCUT2D eigenvalue weighted by atomic mass is 35.5. The average molecular weight is 502 g/mol. The summed E-state index contributed by atoms with van der Waals surface area (Å²) in [5.41, 5.74) is 2.12. The molecule has 0 radical (unpaired) electrons. The summed E-state index contributed by atoms with van der Waals surface area (Å²) in [4.78, 5) is 30.3. The number of aromatic nitrogens is 1. The van der Waals surface area contributed by atoms with Gasteiger partial charge in [-0.25, -0.2) is 0 Å². The lowest BCUT2D eigenvalue weighted by Gasteiger charge is -2.36. The van der Waals surface area contributed by atoms with E-state index in [1.165, 1.54) is 6.42 Å². The van der Waals surface area contributed by atoms with Crippen molar-refractivity contribution in [2.45, 2.75) is 71.5 Å². The van der Waals surface area contributed by atoms with Gasteiger partial charge in [-0.05, 0) is 42.5 Å². The first-order valence-corrected chi connectivity index (χ1v) is 13.2. The van der Waals surface area contributed by atoms with Crippen LogP contribution in [0.4, 0.5) is 0 Å². The van der Waals surface area contributed by atoms with Gasteiger partial charge >= 0.3 is 0 Å². The van der Waals surface area contributed by atoms with Crippen LogP contribution < -0.4 is 0 Å². The molecule has 6 nitrogen and oxygen atoms in total. The second-order valence-electron chi connectivity index (χ2n) is 9.94. The third-order valence-electron chi connectivity index (χ3n) is 6.72. The summed E-state index contributed by atoms with van der Waals surface area (Å²) in [6.45, 7) is 6.16. The SMILES string of the molecule is COCCN(CC(=O)N(Cc1cccn1Cc1ccccc1Cl)C1CCCCC1)C(=O)CC(C)C. The van der Waals surface area contributed by atoms with Gasteiger partial charge in [-0.15, -0.1) is 0 Å². The zero-order valence-electron chi connectivity index (χ0n) is 21.4. The van der Waals surface area contributed by atoms with Crippen molar-refractivity contribution in [3.05, 3.63) is 58.9 Å². The highest BCUT2D eigenvalue weighted by Gasteiger charge is 2.29. The quantitative estimate of drug-likeness (QED) is 0.392. The minimum atomic E-state index is 0.00982. The number of methoxy groups -OCH3 is 1. The molecule has 0 spiro atoms. The van der Waals surface area contributed by atoms with Crippen molar-refractivity contribution in [3.8, 4) is 0 Å². The van der Waals surface area contributed by atoms with Crippen molar-refractivity contribution in [2.24, 2.45) is 5.92 Å². The first-order chi connectivity index (χ1) is 16.9. The number of benzene rings is 1. The Balaban J connectivity index is 1.79. The number of rotatable bonds is 12. The van der Waals surface area contributed by atoms with E-state index in [1.807, 2.05) is 55.3 Å². The number of carbonyl (C=O) groups is 2. The maximum atomic E-state index is 13.7. The highest BCUT2D eigenvalue weighted by Crippen LogP contribution is 2.25. The van der Waals surface area contributed by atoms with E-state index < -0.39 is 0 Å². The molecular weight excluding hydrogens is 462 g/mol. The molecule has 0 bridgehead atoms. The summed E-state index contributed by atoms with van der Waals surface area (Å²) in [7, 11) is 1.62. The zero-order chi connectivity index (χ0) is 25.2. The maximum absolute atomic E-state index is 13.7. The van der Waals surface area contributed by atoms with E-state index in [0.29, 0.717) is 32.7 Å². The molecular formula is C28H40ClN3O3. The van der Waals surface area contributed by atoms with Gasteiger partial charge in [0.15, 0.2) is 0 Å². The Hall–Kier alpha value is -2.31. The van der Waals surface area contributed by atoms with Crippen LogP contribution in [0.3, 0.4) is 0 Å². The first-order valence-electron chi connectivity index (χ1n) is 12.8. The molecule has 0 saturated heterocycles. The molecule has 1 fully saturated rings. The van der Waals surface area contributed by atoms with Crippen LogP contribution in [0, 0.1) is 5.92 Å². The Morgan fingerprint density at radius 1 is 1.09 bits per heavy atom. The first kappa shape index (κ1) is 27.3. The molecule has 0 N–H and O–H groups in total. The molecule has 35 heavy (non-hydrogen) atoms. The third-order valence-corrected chi connectivity index (χ3v) is 7.09. The standard InChI is InChI=1S/C28H40ClN3O3/c1-22(2)18-27(33)31(16-17-35-3)21-28(34)32(24-11-5-4-6-12-24)20-25-13-9-15-30(25)19-23-10-7-8-14-26(23)29/h7-10,13-15,22,24H,4-6,11-12,16-21H2,1-3H3. The third kappa shape index (κ3) is 8.11. The lowest BCUT2D eigenvalue weighted by molar-refractivity contribution is -0.143. The monoisotopic (exact) mass is 501 g/mol. The molecule has 0 aliphatic heterocycles. The number of ether oxygens (including phenoxy) is 1. The number of nitrogens with zero attached hydrogens (tertiary/aromatic N) is 3. The molecule has 0 atom stereocenters. The molecule has 0 unspecified atom stereocenters. The Morgan fingerprint density at radius 2 is 1.83 bits per heavy atom. The topological polar surface area (TPSA) is 54.8 Å². The molecule has 2 amide bonds. The summed E-state index contributed by atoms with van der Waals surface area (Å²) in [5.74, 6) is 0.261. The molecule has 1 aliphatic carbocycles.